The van der Waals surface area contributed by atoms with E-state index in [1.165, 1.54) is 12.1 Å². The van der Waals surface area contributed by atoms with Gasteiger partial charge in [0.05, 0.1) is 12.3 Å². The van der Waals surface area contributed by atoms with Gasteiger partial charge >= 0.3 is 6.36 Å². The lowest BCUT2D eigenvalue weighted by molar-refractivity contribution is -0.274. The minimum atomic E-state index is -4.81. The highest BCUT2D eigenvalue weighted by atomic mass is 19.4. The molecular weight excluding hydrogens is 375 g/mol. The summed E-state index contributed by atoms with van der Waals surface area (Å²) in [6.45, 7) is 2.44. The SMILES string of the molecule is CCOc1ccc(-c2cc(C(=O)Nc3cccc(OC(F)(F)F)c3)[nH]n2)cc1. The van der Waals surface area contributed by atoms with Crippen LogP contribution in [0.4, 0.5) is 18.9 Å². The summed E-state index contributed by atoms with van der Waals surface area (Å²) in [7, 11) is 0. The van der Waals surface area contributed by atoms with E-state index >= 15 is 0 Å². The first-order chi connectivity index (χ1) is 13.3. The maximum atomic E-state index is 12.3. The Morgan fingerprint density at radius 3 is 2.54 bits per heavy atom. The van der Waals surface area contributed by atoms with E-state index in [4.69, 9.17) is 4.74 Å². The Labute approximate surface area is 158 Å². The van der Waals surface area contributed by atoms with Gasteiger partial charge in [-0.25, -0.2) is 0 Å². The number of H-pyrrole nitrogens is 1. The van der Waals surface area contributed by atoms with Crippen molar-refractivity contribution in [1.29, 1.82) is 0 Å². The number of ether oxygens (including phenoxy) is 2. The third kappa shape index (κ3) is 5.03. The quantitative estimate of drug-likeness (QED) is 0.643. The second-order valence-electron chi connectivity index (χ2n) is 5.65. The van der Waals surface area contributed by atoms with Crippen molar-refractivity contribution in [2.45, 2.75) is 13.3 Å². The molecule has 0 spiro atoms. The van der Waals surface area contributed by atoms with Crippen LogP contribution in [0.25, 0.3) is 11.3 Å². The lowest BCUT2D eigenvalue weighted by atomic mass is 10.1. The molecule has 2 aromatic carbocycles. The van der Waals surface area contributed by atoms with E-state index in [-0.39, 0.29) is 11.4 Å². The van der Waals surface area contributed by atoms with E-state index in [0.717, 1.165) is 23.4 Å². The molecule has 1 aromatic heterocycles. The summed E-state index contributed by atoms with van der Waals surface area (Å²) in [5.74, 6) is -0.250. The zero-order valence-electron chi connectivity index (χ0n) is 14.7. The number of halogens is 3. The number of hydrogen-bond acceptors (Lipinski definition) is 4. The molecule has 0 aliphatic heterocycles. The highest BCUT2D eigenvalue weighted by Gasteiger charge is 2.31. The largest absolute Gasteiger partial charge is 0.573 e. The molecule has 0 radical (unpaired) electrons. The molecule has 146 valence electrons. The normalized spacial score (nSPS) is 11.1. The van der Waals surface area contributed by atoms with E-state index in [1.54, 1.807) is 30.3 Å². The molecule has 3 rings (SSSR count). The zero-order valence-corrected chi connectivity index (χ0v) is 14.7. The molecule has 6 nitrogen and oxygen atoms in total. The molecule has 3 aromatic rings. The van der Waals surface area contributed by atoms with Crippen LogP contribution in [0.5, 0.6) is 11.5 Å². The van der Waals surface area contributed by atoms with Gasteiger partial charge < -0.3 is 14.8 Å². The molecule has 0 bridgehead atoms. The van der Waals surface area contributed by atoms with Crippen LogP contribution in [0, 0.1) is 0 Å². The number of nitrogens with zero attached hydrogens (tertiary/aromatic N) is 1. The van der Waals surface area contributed by atoms with Crippen LogP contribution < -0.4 is 14.8 Å². The smallest absolute Gasteiger partial charge is 0.494 e. The van der Waals surface area contributed by atoms with Crippen LogP contribution >= 0.6 is 0 Å². The lowest BCUT2D eigenvalue weighted by Crippen LogP contribution is -2.17. The number of amides is 1. The van der Waals surface area contributed by atoms with Crippen LogP contribution in [-0.4, -0.2) is 29.1 Å². The van der Waals surface area contributed by atoms with Gasteiger partial charge in [0, 0.05) is 17.3 Å². The Bertz CT molecular complexity index is 953. The summed E-state index contributed by atoms with van der Waals surface area (Å²) in [4.78, 5) is 12.3. The van der Waals surface area contributed by atoms with Gasteiger partial charge in [-0.3, -0.25) is 9.89 Å². The fourth-order valence-corrected chi connectivity index (χ4v) is 2.44. The van der Waals surface area contributed by atoms with Crippen LogP contribution in [0.3, 0.4) is 0 Å². The fourth-order valence-electron chi connectivity index (χ4n) is 2.44. The molecule has 2 N–H and O–H groups in total. The molecule has 0 aliphatic rings. The number of anilines is 1. The maximum Gasteiger partial charge on any atom is 0.573 e. The highest BCUT2D eigenvalue weighted by molar-refractivity contribution is 6.03. The van der Waals surface area contributed by atoms with Gasteiger partial charge in [0.15, 0.2) is 0 Å². The summed E-state index contributed by atoms with van der Waals surface area (Å²) in [5, 5.41) is 9.20. The van der Waals surface area contributed by atoms with Crippen molar-refractivity contribution in [2.24, 2.45) is 0 Å². The average molecular weight is 391 g/mol. The average Bonchev–Trinajstić information content (AvgIpc) is 3.12. The molecule has 9 heteroatoms. The molecule has 0 fully saturated rings. The molecule has 0 saturated heterocycles. The molecule has 0 saturated carbocycles. The summed E-state index contributed by atoms with van der Waals surface area (Å²) in [5.41, 5.74) is 1.64. The predicted octanol–water partition coefficient (Wildman–Crippen LogP) is 4.63. The number of aromatic nitrogens is 2. The van der Waals surface area contributed by atoms with Gasteiger partial charge in [-0.2, -0.15) is 5.10 Å². The first kappa shape index (κ1) is 19.3. The maximum absolute atomic E-state index is 12.3. The van der Waals surface area contributed by atoms with Crippen LogP contribution in [0.1, 0.15) is 17.4 Å². The number of carbonyl (C=O) groups is 1. The Balaban J connectivity index is 1.70. The molecule has 1 amide bonds. The second kappa shape index (κ2) is 8.03. The van der Waals surface area contributed by atoms with Gasteiger partial charge in [0.25, 0.3) is 5.91 Å². The van der Waals surface area contributed by atoms with Crippen LogP contribution in [0.15, 0.2) is 54.6 Å². The summed E-state index contributed by atoms with van der Waals surface area (Å²) < 4.78 is 46.1. The summed E-state index contributed by atoms with van der Waals surface area (Å²) in [6.07, 6.45) is -4.81. The molecule has 0 atom stereocenters. The number of alkyl halides is 3. The minimum absolute atomic E-state index is 0.156. The molecule has 1 heterocycles. The van der Waals surface area contributed by atoms with Crippen LogP contribution in [-0.2, 0) is 0 Å². The van der Waals surface area contributed by atoms with Gasteiger partial charge in [0.2, 0.25) is 0 Å². The van der Waals surface area contributed by atoms with E-state index < -0.39 is 18.0 Å². The highest BCUT2D eigenvalue weighted by Crippen LogP contribution is 2.26. The first-order valence-corrected chi connectivity index (χ1v) is 8.30. The van der Waals surface area contributed by atoms with Crippen molar-refractivity contribution in [2.75, 3.05) is 11.9 Å². The van der Waals surface area contributed by atoms with E-state index in [2.05, 4.69) is 20.3 Å². The lowest BCUT2D eigenvalue weighted by Gasteiger charge is -2.10. The number of rotatable bonds is 6. The Morgan fingerprint density at radius 1 is 1.11 bits per heavy atom. The third-order valence-electron chi connectivity index (χ3n) is 3.61. The molecule has 28 heavy (non-hydrogen) atoms. The zero-order chi connectivity index (χ0) is 20.1. The second-order valence-corrected chi connectivity index (χ2v) is 5.65. The number of nitrogens with one attached hydrogen (secondary N) is 2. The van der Waals surface area contributed by atoms with Crippen molar-refractivity contribution >= 4 is 11.6 Å². The van der Waals surface area contributed by atoms with Gasteiger partial charge in [-0.15, -0.1) is 13.2 Å². The fraction of sp³-hybridized carbons (Fsp3) is 0.158. The van der Waals surface area contributed by atoms with Crippen molar-refractivity contribution in [3.8, 4) is 22.8 Å². The van der Waals surface area contributed by atoms with Crippen molar-refractivity contribution in [3.05, 3.63) is 60.3 Å². The van der Waals surface area contributed by atoms with Gasteiger partial charge in [0.1, 0.15) is 17.2 Å². The van der Waals surface area contributed by atoms with Crippen molar-refractivity contribution in [3.63, 3.8) is 0 Å². The van der Waals surface area contributed by atoms with E-state index in [9.17, 15) is 18.0 Å². The monoisotopic (exact) mass is 391 g/mol. The topological polar surface area (TPSA) is 76.2 Å². The number of carbonyl (C=O) groups excluding carboxylic acids is 1. The number of hydrogen-bond donors (Lipinski definition) is 2. The van der Waals surface area contributed by atoms with Gasteiger partial charge in [-0.05, 0) is 49.4 Å². The number of aromatic amines is 1. The van der Waals surface area contributed by atoms with Gasteiger partial charge in [-0.1, -0.05) is 6.07 Å². The predicted molar refractivity (Wildman–Crippen MR) is 96.3 cm³/mol. The third-order valence-corrected chi connectivity index (χ3v) is 3.61. The van der Waals surface area contributed by atoms with E-state index in [0.29, 0.717) is 12.3 Å². The summed E-state index contributed by atoms with van der Waals surface area (Å²) >= 11 is 0. The van der Waals surface area contributed by atoms with E-state index in [1.807, 2.05) is 6.92 Å². The first-order valence-electron chi connectivity index (χ1n) is 8.30. The standard InChI is InChI=1S/C19H16F3N3O3/c1-2-27-14-8-6-12(7-9-14)16-11-17(25-24-16)18(26)23-13-4-3-5-15(10-13)28-19(20,21)22/h3-11H,2H2,1H3,(H,23,26)(H,24,25). The van der Waals surface area contributed by atoms with Crippen molar-refractivity contribution in [1.82, 2.24) is 10.2 Å². The summed E-state index contributed by atoms with van der Waals surface area (Å²) in [6, 6.07) is 13.7. The Kier molecular flexibility index (Phi) is 5.53. The Morgan fingerprint density at radius 2 is 1.86 bits per heavy atom. The number of benzene rings is 2. The molecule has 0 unspecified atom stereocenters. The van der Waals surface area contributed by atoms with Crippen LogP contribution in [0.2, 0.25) is 0 Å². The Hall–Kier alpha value is -3.49. The molecular formula is C19H16F3N3O3. The molecule has 0 aliphatic carbocycles. The minimum Gasteiger partial charge on any atom is -0.494 e. The van der Waals surface area contributed by atoms with Crippen molar-refractivity contribution < 1.29 is 27.4 Å².